The van der Waals surface area contributed by atoms with E-state index >= 15 is 0 Å². The molecule has 8 nitrogen and oxygen atoms in total. The summed E-state index contributed by atoms with van der Waals surface area (Å²) in [6.07, 6.45) is 4.85. The van der Waals surface area contributed by atoms with Gasteiger partial charge in [-0.2, -0.15) is 0 Å². The predicted octanol–water partition coefficient (Wildman–Crippen LogP) is 2.55. The molecule has 2 heterocycles. The summed E-state index contributed by atoms with van der Waals surface area (Å²) in [5.74, 6) is 0.701. The van der Waals surface area contributed by atoms with Gasteiger partial charge in [-0.15, -0.1) is 0 Å². The van der Waals surface area contributed by atoms with E-state index < -0.39 is 11.2 Å². The van der Waals surface area contributed by atoms with Crippen LogP contribution in [-0.2, 0) is 18.1 Å². The quantitative estimate of drug-likeness (QED) is 0.135. The lowest BCUT2D eigenvalue weighted by Crippen LogP contribution is -2.39. The van der Waals surface area contributed by atoms with Crippen molar-refractivity contribution in [1.82, 2.24) is 14.1 Å². The van der Waals surface area contributed by atoms with Gasteiger partial charge in [0.15, 0.2) is 0 Å². The third kappa shape index (κ3) is 4.66. The van der Waals surface area contributed by atoms with E-state index in [2.05, 4.69) is 45.3 Å². The highest BCUT2D eigenvalue weighted by Gasteiger charge is 2.13. The minimum Gasteiger partial charge on any atom is -0.454 e. The molecule has 26 heavy (non-hydrogen) atoms. The number of hydrogen-bond donors (Lipinski definition) is 0. The van der Waals surface area contributed by atoms with Gasteiger partial charge >= 0.3 is 5.69 Å². The summed E-state index contributed by atoms with van der Waals surface area (Å²) in [6, 6.07) is 1.55. The summed E-state index contributed by atoms with van der Waals surface area (Å²) >= 11 is 2.12. The molecule has 0 saturated heterocycles. The third-order valence-electron chi connectivity index (χ3n) is 3.49. The van der Waals surface area contributed by atoms with Gasteiger partial charge in [0, 0.05) is 13.6 Å². The van der Waals surface area contributed by atoms with Crippen LogP contribution in [0.25, 0.3) is 11.0 Å². The van der Waals surface area contributed by atoms with Gasteiger partial charge in [0.25, 0.3) is 5.56 Å². The molecule has 0 aliphatic heterocycles. The second-order valence-corrected chi connectivity index (χ2v) is 6.90. The van der Waals surface area contributed by atoms with Crippen molar-refractivity contribution in [3.8, 4) is 5.75 Å². The summed E-state index contributed by atoms with van der Waals surface area (Å²) in [7, 11) is 1.58. The molecule has 2 rings (SSSR count). The molecule has 138 valence electrons. The predicted molar refractivity (Wildman–Crippen MR) is 113 cm³/mol. The van der Waals surface area contributed by atoms with Crippen LogP contribution in [0.15, 0.2) is 51.5 Å². The molecule has 0 aliphatic carbocycles. The fraction of sp³-hybridized carbons (Fsp3) is 0.250. The number of pyridine rings is 1. The highest BCUT2D eigenvalue weighted by molar-refractivity contribution is 14.2. The van der Waals surface area contributed by atoms with Gasteiger partial charge in [-0.1, -0.05) is 6.58 Å². The van der Waals surface area contributed by atoms with Crippen LogP contribution in [-0.4, -0.2) is 27.4 Å². The van der Waals surface area contributed by atoms with Crippen molar-refractivity contribution in [2.75, 3.05) is 6.61 Å². The van der Waals surface area contributed by atoms with E-state index in [1.807, 2.05) is 0 Å². The summed E-state index contributed by atoms with van der Waals surface area (Å²) in [5, 5.41) is 0.288. The molecule has 0 fully saturated rings. The first kappa shape index (κ1) is 20.5. The molecule has 0 aromatic carbocycles. The van der Waals surface area contributed by atoms with Crippen molar-refractivity contribution >= 4 is 46.2 Å². The van der Waals surface area contributed by atoms with Crippen LogP contribution in [0.4, 0.5) is 0 Å². The second kappa shape index (κ2) is 9.75. The monoisotopic (exact) mass is 488 g/mol. The smallest absolute Gasteiger partial charge is 0.332 e. The zero-order chi connectivity index (χ0) is 19.1. The lowest BCUT2D eigenvalue weighted by atomic mass is 10.3. The van der Waals surface area contributed by atoms with Crippen molar-refractivity contribution in [2.45, 2.75) is 13.0 Å². The Kier molecular flexibility index (Phi) is 7.67. The fourth-order valence-electron chi connectivity index (χ4n) is 2.30. The van der Waals surface area contributed by atoms with Crippen LogP contribution in [0.3, 0.4) is 0 Å². The zero-order valence-corrected chi connectivity index (χ0v) is 17.3. The lowest BCUT2D eigenvalue weighted by Gasteiger charge is -2.11. The number of aliphatic imine (C=N–C) groups is 1. The number of fused-ring (bicyclic) bond motifs is 1. The van der Waals surface area contributed by atoms with Gasteiger partial charge < -0.3 is 9.26 Å². The average molecular weight is 488 g/mol. The number of hydrogen-bond acceptors (Lipinski definition) is 6. The minimum atomic E-state index is -0.414. The Bertz CT molecular complexity index is 967. The molecule has 10 heteroatoms. The van der Waals surface area contributed by atoms with E-state index in [1.54, 1.807) is 13.1 Å². The number of aromatic nitrogens is 3. The molecule has 2 aromatic heterocycles. The minimum absolute atomic E-state index is 0.270. The summed E-state index contributed by atoms with van der Waals surface area (Å²) in [4.78, 5) is 33.0. The number of nitrogens with zero attached hydrogens (tertiary/aromatic N) is 4. The van der Waals surface area contributed by atoms with E-state index in [9.17, 15) is 9.59 Å². The molecule has 2 aromatic rings. The van der Waals surface area contributed by atoms with E-state index in [4.69, 9.17) is 9.26 Å². The third-order valence-corrected chi connectivity index (χ3v) is 4.74. The number of rotatable bonds is 9. The molecule has 0 aliphatic rings. The molecule has 0 N–H and O–H groups in total. The van der Waals surface area contributed by atoms with Gasteiger partial charge in [-0.05, 0) is 47.3 Å². The Hall–Kier alpha value is -1.84. The van der Waals surface area contributed by atoms with Crippen molar-refractivity contribution in [3.63, 3.8) is 0 Å². The fourth-order valence-corrected chi connectivity index (χ4v) is 3.18. The first-order chi connectivity index (χ1) is 12.5. The maximum absolute atomic E-state index is 12.7. The van der Waals surface area contributed by atoms with Crippen LogP contribution in [0.5, 0.6) is 5.75 Å². The first-order valence-corrected chi connectivity index (χ1v) is 11.6. The molecule has 0 bridgehead atoms. The first-order valence-electron chi connectivity index (χ1n) is 7.56. The van der Waals surface area contributed by atoms with Gasteiger partial charge in [0.05, 0.1) is 30.8 Å². The van der Waals surface area contributed by atoms with Gasteiger partial charge in [-0.3, -0.25) is 18.9 Å². The van der Waals surface area contributed by atoms with Gasteiger partial charge in [0.2, 0.25) is 0 Å². The zero-order valence-electron chi connectivity index (χ0n) is 14.1. The summed E-state index contributed by atoms with van der Waals surface area (Å²) in [6.45, 7) is 8.08. The summed E-state index contributed by atoms with van der Waals surface area (Å²) < 4.78 is 13.4. The van der Waals surface area contributed by atoms with Gasteiger partial charge in [-0.25, -0.2) is 9.78 Å². The molecule has 0 spiro atoms. The largest absolute Gasteiger partial charge is 0.454 e. The standard InChI is InChI=1S/C16H18IN4O4P/c1-4-11(9-18-2)25-12-8-13-14(19-10-12)20(3)16(23)21(15(13)22)6-5-7-24-26-17/h4,8-10,26H,1-2,5-7H2,3H3/b11-9+. The van der Waals surface area contributed by atoms with Crippen molar-refractivity contribution < 1.29 is 9.26 Å². The maximum atomic E-state index is 12.7. The lowest BCUT2D eigenvalue weighted by molar-refractivity contribution is 0.344. The Balaban J connectivity index is 2.47. The van der Waals surface area contributed by atoms with E-state index in [-0.39, 0.29) is 11.9 Å². The number of ether oxygens (including phenoxy) is 1. The highest BCUT2D eigenvalue weighted by atomic mass is 127. The number of halogens is 1. The van der Waals surface area contributed by atoms with Crippen LogP contribution in [0.1, 0.15) is 6.42 Å². The molecule has 0 radical (unpaired) electrons. The highest BCUT2D eigenvalue weighted by Crippen LogP contribution is 2.21. The Morgan fingerprint density at radius 2 is 2.27 bits per heavy atom. The molecular formula is C16H18IN4O4P. The molecular weight excluding hydrogens is 470 g/mol. The molecule has 1 atom stereocenters. The second-order valence-electron chi connectivity index (χ2n) is 5.14. The Morgan fingerprint density at radius 3 is 2.92 bits per heavy atom. The van der Waals surface area contributed by atoms with Crippen LogP contribution in [0.2, 0.25) is 0 Å². The molecule has 0 amide bonds. The van der Waals surface area contributed by atoms with Crippen LogP contribution >= 0.6 is 28.5 Å². The SMILES string of the molecule is C=C/C(=C\N=C)Oc1cnc2c(c1)c(=O)n(CCCOPI)c(=O)n2C. The van der Waals surface area contributed by atoms with Crippen molar-refractivity contribution in [2.24, 2.45) is 12.0 Å². The van der Waals surface area contributed by atoms with E-state index in [1.165, 1.54) is 27.6 Å². The van der Waals surface area contributed by atoms with E-state index in [0.717, 1.165) is 0 Å². The van der Waals surface area contributed by atoms with Crippen LogP contribution in [0, 0.1) is 0 Å². The van der Waals surface area contributed by atoms with Crippen LogP contribution < -0.4 is 16.0 Å². The number of allylic oxidation sites excluding steroid dienone is 1. The van der Waals surface area contributed by atoms with E-state index in [0.29, 0.717) is 36.6 Å². The average Bonchev–Trinajstić information content (AvgIpc) is 2.65. The topological polar surface area (TPSA) is 87.7 Å². The maximum Gasteiger partial charge on any atom is 0.332 e. The van der Waals surface area contributed by atoms with Crippen molar-refractivity contribution in [1.29, 1.82) is 0 Å². The van der Waals surface area contributed by atoms with Crippen molar-refractivity contribution in [3.05, 3.63) is 57.7 Å². The van der Waals surface area contributed by atoms with Gasteiger partial charge in [0.1, 0.15) is 17.2 Å². The Morgan fingerprint density at radius 1 is 1.50 bits per heavy atom. The Labute approximate surface area is 164 Å². The normalized spacial score (nSPS) is 12.0. The summed E-state index contributed by atoms with van der Waals surface area (Å²) in [5.41, 5.74) is -0.536. The molecule has 0 saturated carbocycles. The molecule has 1 unspecified atom stereocenters. The number of aryl methyl sites for hydroxylation is 1.